The van der Waals surface area contributed by atoms with E-state index in [1.54, 1.807) is 0 Å². The molecular formula is C59H32N2O3S. The fourth-order valence-electron chi connectivity index (χ4n) is 10.5. The third kappa shape index (κ3) is 5.14. The van der Waals surface area contributed by atoms with E-state index in [0.29, 0.717) is 17.1 Å². The molecule has 0 amide bonds. The molecule has 5 nitrogen and oxygen atoms in total. The SMILES string of the molecule is c1ccc2c(c1)Cc1ccc(-c3ccc4oc5cccc(-c6nc(-c7cccc8oc9ccccc9c78)c7oc8cc(-c9ccc%10sc%11ccccc%11c%10c9)ccc8c7n6)c5c4c3)cc1-2. The number of benzene rings is 9. The van der Waals surface area contributed by atoms with Gasteiger partial charge in [-0.25, -0.2) is 9.97 Å². The summed E-state index contributed by atoms with van der Waals surface area (Å²) in [6, 6.07) is 64.5. The number of aromatic nitrogens is 2. The highest BCUT2D eigenvalue weighted by atomic mass is 32.1. The maximum Gasteiger partial charge on any atom is 0.180 e. The molecule has 15 rings (SSSR count). The van der Waals surface area contributed by atoms with Gasteiger partial charge in [0.15, 0.2) is 11.4 Å². The van der Waals surface area contributed by atoms with E-state index in [-0.39, 0.29) is 0 Å². The first kappa shape index (κ1) is 35.2. The largest absolute Gasteiger partial charge is 0.456 e. The van der Waals surface area contributed by atoms with Gasteiger partial charge >= 0.3 is 0 Å². The molecule has 14 aromatic rings. The molecule has 6 heteroatoms. The molecular weight excluding hydrogens is 817 g/mol. The van der Waals surface area contributed by atoms with Gasteiger partial charge in [0.1, 0.15) is 39.1 Å². The lowest BCUT2D eigenvalue weighted by Gasteiger charge is -2.09. The Kier molecular flexibility index (Phi) is 7.10. The average Bonchev–Trinajstić information content (AvgIpc) is 4.18. The zero-order valence-corrected chi connectivity index (χ0v) is 35.4. The van der Waals surface area contributed by atoms with Gasteiger partial charge in [-0.1, -0.05) is 115 Å². The van der Waals surface area contributed by atoms with Gasteiger partial charge in [-0.2, -0.15) is 0 Å². The quantitative estimate of drug-likeness (QED) is 0.176. The van der Waals surface area contributed by atoms with Crippen LogP contribution in [0.2, 0.25) is 0 Å². The van der Waals surface area contributed by atoms with Crippen molar-refractivity contribution in [1.82, 2.24) is 9.97 Å². The highest BCUT2D eigenvalue weighted by molar-refractivity contribution is 7.25. The molecule has 0 unspecified atom stereocenters. The third-order valence-electron chi connectivity index (χ3n) is 13.5. The van der Waals surface area contributed by atoms with Crippen LogP contribution in [0.15, 0.2) is 195 Å². The summed E-state index contributed by atoms with van der Waals surface area (Å²) in [5.41, 5.74) is 17.7. The topological polar surface area (TPSA) is 65.2 Å². The van der Waals surface area contributed by atoms with Crippen molar-refractivity contribution in [3.63, 3.8) is 0 Å². The van der Waals surface area contributed by atoms with Crippen molar-refractivity contribution in [3.05, 3.63) is 193 Å². The Bertz CT molecular complexity index is 4350. The molecule has 0 atom stereocenters. The first-order chi connectivity index (χ1) is 32.2. The summed E-state index contributed by atoms with van der Waals surface area (Å²) in [6.07, 6.45) is 0.967. The van der Waals surface area contributed by atoms with Crippen molar-refractivity contribution in [1.29, 1.82) is 0 Å². The van der Waals surface area contributed by atoms with Crippen LogP contribution < -0.4 is 0 Å². The summed E-state index contributed by atoms with van der Waals surface area (Å²) in [5.74, 6) is 0.590. The summed E-state index contributed by atoms with van der Waals surface area (Å²) in [4.78, 5) is 10.9. The predicted octanol–water partition coefficient (Wildman–Crippen LogP) is 16.8. The third-order valence-corrected chi connectivity index (χ3v) is 14.7. The average molecular weight is 849 g/mol. The zero-order chi connectivity index (χ0) is 42.3. The summed E-state index contributed by atoms with van der Waals surface area (Å²) in [6.45, 7) is 0. The van der Waals surface area contributed by atoms with Gasteiger partial charge < -0.3 is 13.3 Å². The van der Waals surface area contributed by atoms with Crippen LogP contribution in [0.3, 0.4) is 0 Å². The number of hydrogen-bond acceptors (Lipinski definition) is 6. The molecule has 0 saturated heterocycles. The van der Waals surface area contributed by atoms with Crippen LogP contribution in [0.5, 0.6) is 0 Å². The molecule has 5 heterocycles. The van der Waals surface area contributed by atoms with Crippen LogP contribution in [0.25, 0.3) is 142 Å². The fraction of sp³-hybridized carbons (Fsp3) is 0.0169. The first-order valence-electron chi connectivity index (χ1n) is 21.9. The minimum atomic E-state index is 0.590. The molecule has 0 spiro atoms. The summed E-state index contributed by atoms with van der Waals surface area (Å²) < 4.78 is 22.5. The number of furan rings is 3. The second-order valence-electron chi connectivity index (χ2n) is 17.2. The Morgan fingerprint density at radius 2 is 1.00 bits per heavy atom. The van der Waals surface area contributed by atoms with Gasteiger partial charge in [0, 0.05) is 58.2 Å². The van der Waals surface area contributed by atoms with Gasteiger partial charge in [-0.15, -0.1) is 11.3 Å². The smallest absolute Gasteiger partial charge is 0.180 e. The van der Waals surface area contributed by atoms with E-state index >= 15 is 0 Å². The van der Waals surface area contributed by atoms with E-state index in [4.69, 9.17) is 23.2 Å². The number of hydrogen-bond donors (Lipinski definition) is 0. The van der Waals surface area contributed by atoms with E-state index in [1.165, 1.54) is 48.0 Å². The predicted molar refractivity (Wildman–Crippen MR) is 267 cm³/mol. The number of para-hydroxylation sites is 1. The standard InChI is InChI=1S/C59H32N2O3S/c1-2-10-38-36(9-1)27-37-20-19-32(28-44(37)38)33-22-25-48-46(30-33)55-43(14-8-17-50(55)63-48)59-60-56-41-24-21-35(34-23-26-53-45(29-34)39-11-4-6-18-52(39)65-53)31-51(41)64-58(56)57(61-59)42-13-7-16-49-54(42)40-12-3-5-15-47(40)62-49/h1-26,28-31H,27H2. The Morgan fingerprint density at radius 1 is 0.369 bits per heavy atom. The molecule has 0 aliphatic heterocycles. The molecule has 0 radical (unpaired) electrons. The van der Waals surface area contributed by atoms with E-state index < -0.39 is 0 Å². The van der Waals surface area contributed by atoms with Crippen LogP contribution >= 0.6 is 11.3 Å². The Labute approximate surface area is 374 Å². The van der Waals surface area contributed by atoms with Crippen molar-refractivity contribution in [2.75, 3.05) is 0 Å². The Hall–Kier alpha value is -8.32. The summed E-state index contributed by atoms with van der Waals surface area (Å²) >= 11 is 1.83. The molecule has 0 fully saturated rings. The number of fused-ring (bicyclic) bond motifs is 15. The molecule has 65 heavy (non-hydrogen) atoms. The lowest BCUT2D eigenvalue weighted by Crippen LogP contribution is -1.95. The van der Waals surface area contributed by atoms with Crippen LogP contribution in [0, 0.1) is 0 Å². The minimum absolute atomic E-state index is 0.590. The molecule has 0 N–H and O–H groups in total. The molecule has 9 aromatic carbocycles. The highest BCUT2D eigenvalue weighted by Crippen LogP contribution is 2.45. The maximum atomic E-state index is 6.96. The number of thiophene rings is 1. The van der Waals surface area contributed by atoms with Gasteiger partial charge in [0.2, 0.25) is 0 Å². The monoisotopic (exact) mass is 848 g/mol. The van der Waals surface area contributed by atoms with Crippen molar-refractivity contribution in [3.8, 4) is 56.0 Å². The van der Waals surface area contributed by atoms with E-state index in [2.05, 4.69) is 146 Å². The zero-order valence-electron chi connectivity index (χ0n) is 34.6. The van der Waals surface area contributed by atoms with Crippen molar-refractivity contribution in [2.24, 2.45) is 0 Å². The lowest BCUT2D eigenvalue weighted by atomic mass is 9.96. The fourth-order valence-corrected chi connectivity index (χ4v) is 11.6. The first-order valence-corrected chi connectivity index (χ1v) is 22.7. The van der Waals surface area contributed by atoms with Crippen LogP contribution in [0.1, 0.15) is 11.1 Å². The van der Waals surface area contributed by atoms with Gasteiger partial charge in [-0.3, -0.25) is 0 Å². The van der Waals surface area contributed by atoms with E-state index in [0.717, 1.165) is 94.6 Å². The Balaban J connectivity index is 0.953. The van der Waals surface area contributed by atoms with E-state index in [1.807, 2.05) is 47.7 Å². The van der Waals surface area contributed by atoms with Gasteiger partial charge in [-0.05, 0) is 118 Å². The van der Waals surface area contributed by atoms with Crippen LogP contribution in [-0.2, 0) is 6.42 Å². The minimum Gasteiger partial charge on any atom is -0.456 e. The second-order valence-corrected chi connectivity index (χ2v) is 18.3. The molecule has 1 aliphatic carbocycles. The number of nitrogens with zero attached hydrogens (tertiary/aromatic N) is 2. The molecule has 1 aliphatic rings. The van der Waals surface area contributed by atoms with Crippen molar-refractivity contribution in [2.45, 2.75) is 6.42 Å². The van der Waals surface area contributed by atoms with E-state index in [9.17, 15) is 0 Å². The lowest BCUT2D eigenvalue weighted by molar-refractivity contribution is 0.667. The summed E-state index contributed by atoms with van der Waals surface area (Å²) in [5, 5.41) is 7.45. The molecule has 0 saturated carbocycles. The Morgan fingerprint density at radius 3 is 1.91 bits per heavy atom. The van der Waals surface area contributed by atoms with Crippen molar-refractivity contribution < 1.29 is 13.3 Å². The maximum absolute atomic E-state index is 6.96. The molecule has 0 bridgehead atoms. The van der Waals surface area contributed by atoms with Gasteiger partial charge in [0.25, 0.3) is 0 Å². The number of rotatable bonds is 4. The molecule has 5 aromatic heterocycles. The van der Waals surface area contributed by atoms with Crippen LogP contribution in [0.4, 0.5) is 0 Å². The second kappa shape index (κ2) is 13.1. The van der Waals surface area contributed by atoms with Gasteiger partial charge in [0.05, 0.1) is 0 Å². The normalized spacial score (nSPS) is 12.6. The van der Waals surface area contributed by atoms with Crippen molar-refractivity contribution >= 4 is 97.5 Å². The highest BCUT2D eigenvalue weighted by Gasteiger charge is 2.25. The molecule has 302 valence electrons. The van der Waals surface area contributed by atoms with Crippen LogP contribution in [-0.4, -0.2) is 9.97 Å². The summed E-state index contributed by atoms with van der Waals surface area (Å²) in [7, 11) is 0.